The Kier molecular flexibility index (Phi) is 4.74. The number of aromatic nitrogens is 1. The minimum atomic E-state index is -0.338. The van der Waals surface area contributed by atoms with Gasteiger partial charge in [0.2, 0.25) is 11.8 Å². The summed E-state index contributed by atoms with van der Waals surface area (Å²) in [5, 5.41) is 4.11. The van der Waals surface area contributed by atoms with Gasteiger partial charge in [0.05, 0.1) is 0 Å². The third-order valence-electron chi connectivity index (χ3n) is 3.95. The molecule has 0 saturated heterocycles. The first-order valence-corrected chi connectivity index (χ1v) is 8.18. The average molecular weight is 351 g/mol. The van der Waals surface area contributed by atoms with Gasteiger partial charge in [0.1, 0.15) is 12.5 Å². The predicted molar refractivity (Wildman–Crippen MR) is 90.2 cm³/mol. The van der Waals surface area contributed by atoms with E-state index in [4.69, 9.17) is 27.9 Å². The lowest BCUT2D eigenvalue weighted by Gasteiger charge is -2.14. The molecule has 1 N–H and O–H groups in total. The van der Waals surface area contributed by atoms with Crippen LogP contribution in [0.1, 0.15) is 29.5 Å². The van der Waals surface area contributed by atoms with Gasteiger partial charge in [-0.3, -0.25) is 4.79 Å². The molecule has 120 valence electrons. The molecule has 1 amide bonds. The van der Waals surface area contributed by atoms with Crippen molar-refractivity contribution in [3.8, 4) is 5.88 Å². The van der Waals surface area contributed by atoms with Crippen LogP contribution in [0, 0.1) is 0 Å². The summed E-state index contributed by atoms with van der Waals surface area (Å²) in [7, 11) is 0. The molecule has 4 nitrogen and oxygen atoms in total. The van der Waals surface area contributed by atoms with Crippen molar-refractivity contribution in [2.75, 3.05) is 6.61 Å². The molecule has 0 spiro atoms. The molecule has 0 bridgehead atoms. The van der Waals surface area contributed by atoms with E-state index in [2.05, 4.69) is 10.3 Å². The lowest BCUT2D eigenvalue weighted by molar-refractivity contribution is -0.122. The maximum atomic E-state index is 12.5. The van der Waals surface area contributed by atoms with Crippen molar-refractivity contribution in [1.82, 2.24) is 10.3 Å². The van der Waals surface area contributed by atoms with Gasteiger partial charge >= 0.3 is 0 Å². The molecular formula is C17H16Cl2N2O2. The summed E-state index contributed by atoms with van der Waals surface area (Å²) in [6, 6.07) is 7.25. The Hall–Kier alpha value is -1.78. The Morgan fingerprint density at radius 1 is 1.43 bits per heavy atom. The number of fused-ring (bicyclic) bond motifs is 1. The number of pyridine rings is 1. The van der Waals surface area contributed by atoms with Gasteiger partial charge in [0, 0.05) is 28.4 Å². The zero-order valence-electron chi connectivity index (χ0n) is 12.6. The number of aryl methyl sites for hydroxylation is 1. The molecule has 0 aliphatic carbocycles. The first-order valence-electron chi connectivity index (χ1n) is 7.42. The van der Waals surface area contributed by atoms with Crippen molar-refractivity contribution < 1.29 is 9.53 Å². The average Bonchev–Trinajstić information content (AvgIpc) is 2.97. The maximum absolute atomic E-state index is 12.5. The first-order chi connectivity index (χ1) is 11.1. The molecule has 23 heavy (non-hydrogen) atoms. The van der Waals surface area contributed by atoms with Crippen molar-refractivity contribution >= 4 is 29.1 Å². The Balaban J connectivity index is 1.74. The van der Waals surface area contributed by atoms with E-state index >= 15 is 0 Å². The Labute approximate surface area is 144 Å². The number of carbonyl (C=O) groups is 1. The zero-order chi connectivity index (χ0) is 16.4. The van der Waals surface area contributed by atoms with Crippen molar-refractivity contribution in [1.29, 1.82) is 0 Å². The van der Waals surface area contributed by atoms with Crippen LogP contribution in [-0.2, 0) is 17.8 Å². The number of halogens is 2. The minimum absolute atomic E-state index is 0.0928. The highest BCUT2D eigenvalue weighted by Gasteiger charge is 2.31. The molecular weight excluding hydrogens is 335 g/mol. The lowest BCUT2D eigenvalue weighted by atomic mass is 10.0. The molecule has 2 aromatic rings. The van der Waals surface area contributed by atoms with E-state index < -0.39 is 0 Å². The lowest BCUT2D eigenvalue weighted by Crippen LogP contribution is -2.30. The summed E-state index contributed by atoms with van der Waals surface area (Å²) in [6.07, 6.45) is 2.45. The number of ether oxygens (including phenoxy) is 1. The molecule has 0 radical (unpaired) electrons. The second-order valence-corrected chi connectivity index (χ2v) is 6.20. The Morgan fingerprint density at radius 3 is 3.04 bits per heavy atom. The van der Waals surface area contributed by atoms with E-state index in [1.165, 1.54) is 0 Å². The van der Waals surface area contributed by atoms with Crippen molar-refractivity contribution in [2.24, 2.45) is 0 Å². The second kappa shape index (κ2) is 6.77. The number of nitrogens with zero attached hydrogens (tertiary/aromatic N) is 1. The van der Waals surface area contributed by atoms with Crippen LogP contribution in [-0.4, -0.2) is 17.5 Å². The Bertz CT molecular complexity index is 749. The molecule has 1 aromatic carbocycles. The van der Waals surface area contributed by atoms with Crippen LogP contribution in [0.15, 0.2) is 30.5 Å². The predicted octanol–water partition coefficient (Wildman–Crippen LogP) is 3.74. The third-order valence-corrected chi connectivity index (χ3v) is 4.51. The van der Waals surface area contributed by atoms with Crippen LogP contribution < -0.4 is 10.1 Å². The number of hydrogen-bond acceptors (Lipinski definition) is 3. The molecule has 1 aliphatic heterocycles. The Morgan fingerprint density at radius 2 is 2.26 bits per heavy atom. The largest absolute Gasteiger partial charge is 0.476 e. The van der Waals surface area contributed by atoms with E-state index in [1.54, 1.807) is 18.3 Å². The fourth-order valence-electron chi connectivity index (χ4n) is 2.73. The summed E-state index contributed by atoms with van der Waals surface area (Å²) in [4.78, 5) is 16.6. The van der Waals surface area contributed by atoms with Gasteiger partial charge in [-0.2, -0.15) is 0 Å². The molecule has 3 rings (SSSR count). The standard InChI is InChI=1S/C17H16Cl2N2O2/c1-2-10-6-11(18)7-15(19)13(10)8-21-16(22)14-9-23-17-12(14)4-3-5-20-17/h3-7,14H,2,8-9H2,1H3,(H,21,22). The topological polar surface area (TPSA) is 51.2 Å². The highest BCUT2D eigenvalue weighted by molar-refractivity contribution is 6.35. The van der Waals surface area contributed by atoms with E-state index in [-0.39, 0.29) is 11.8 Å². The molecule has 1 unspecified atom stereocenters. The smallest absolute Gasteiger partial charge is 0.231 e. The van der Waals surface area contributed by atoms with Gasteiger partial charge in [-0.05, 0) is 35.7 Å². The fourth-order valence-corrected chi connectivity index (χ4v) is 3.33. The number of hydrogen-bond donors (Lipinski definition) is 1. The number of carbonyl (C=O) groups excluding carboxylic acids is 1. The molecule has 6 heteroatoms. The van der Waals surface area contributed by atoms with Crippen LogP contribution in [0.2, 0.25) is 10.0 Å². The summed E-state index contributed by atoms with van der Waals surface area (Å²) in [6.45, 7) is 2.71. The van der Waals surface area contributed by atoms with Crippen LogP contribution >= 0.6 is 23.2 Å². The molecule has 1 atom stereocenters. The van der Waals surface area contributed by atoms with Gasteiger partial charge in [0.25, 0.3) is 0 Å². The molecule has 0 fully saturated rings. The summed E-state index contributed by atoms with van der Waals surface area (Å²) >= 11 is 12.3. The van der Waals surface area contributed by atoms with Crippen LogP contribution in [0.5, 0.6) is 5.88 Å². The van der Waals surface area contributed by atoms with E-state index in [0.29, 0.717) is 29.1 Å². The van der Waals surface area contributed by atoms with Crippen molar-refractivity contribution in [2.45, 2.75) is 25.8 Å². The van der Waals surface area contributed by atoms with Gasteiger partial charge in [0.15, 0.2) is 0 Å². The van der Waals surface area contributed by atoms with Gasteiger partial charge in [-0.1, -0.05) is 36.2 Å². The molecule has 1 aromatic heterocycles. The van der Waals surface area contributed by atoms with Crippen molar-refractivity contribution in [3.63, 3.8) is 0 Å². The maximum Gasteiger partial charge on any atom is 0.231 e. The van der Waals surface area contributed by atoms with E-state index in [0.717, 1.165) is 23.1 Å². The van der Waals surface area contributed by atoms with Gasteiger partial charge < -0.3 is 10.1 Å². The van der Waals surface area contributed by atoms with E-state index in [9.17, 15) is 4.79 Å². The van der Waals surface area contributed by atoms with Crippen LogP contribution in [0.4, 0.5) is 0 Å². The number of amides is 1. The van der Waals surface area contributed by atoms with Crippen molar-refractivity contribution in [3.05, 3.63) is 57.2 Å². The quantitative estimate of drug-likeness (QED) is 0.913. The highest BCUT2D eigenvalue weighted by atomic mass is 35.5. The second-order valence-electron chi connectivity index (χ2n) is 5.36. The molecule has 2 heterocycles. The van der Waals surface area contributed by atoms with Crippen LogP contribution in [0.25, 0.3) is 0 Å². The SMILES string of the molecule is CCc1cc(Cl)cc(Cl)c1CNC(=O)C1COc2ncccc21. The highest BCUT2D eigenvalue weighted by Crippen LogP contribution is 2.32. The summed E-state index contributed by atoms with van der Waals surface area (Å²) in [5.74, 6) is 0.103. The number of nitrogens with one attached hydrogen (secondary N) is 1. The summed E-state index contributed by atoms with van der Waals surface area (Å²) < 4.78 is 5.45. The van der Waals surface area contributed by atoms with Gasteiger partial charge in [-0.25, -0.2) is 4.98 Å². The van der Waals surface area contributed by atoms with Gasteiger partial charge in [-0.15, -0.1) is 0 Å². The number of benzene rings is 1. The van der Waals surface area contributed by atoms with E-state index in [1.807, 2.05) is 19.1 Å². The normalized spacial score (nSPS) is 15.9. The fraction of sp³-hybridized carbons (Fsp3) is 0.294. The minimum Gasteiger partial charge on any atom is -0.476 e. The molecule has 1 aliphatic rings. The summed E-state index contributed by atoms with van der Waals surface area (Å²) in [5.41, 5.74) is 2.76. The molecule has 0 saturated carbocycles. The monoisotopic (exact) mass is 350 g/mol. The van der Waals surface area contributed by atoms with Crippen LogP contribution in [0.3, 0.4) is 0 Å². The third kappa shape index (κ3) is 3.28. The first kappa shape index (κ1) is 16.1. The number of rotatable bonds is 4. The zero-order valence-corrected chi connectivity index (χ0v) is 14.1.